The summed E-state index contributed by atoms with van der Waals surface area (Å²) in [4.78, 5) is 17.8. The predicted molar refractivity (Wildman–Crippen MR) is 51.5 cm³/mol. The van der Waals surface area contributed by atoms with E-state index in [1.54, 1.807) is 0 Å². The highest BCUT2D eigenvalue weighted by Crippen LogP contribution is 2.09. The summed E-state index contributed by atoms with van der Waals surface area (Å²) in [7, 11) is 1.28. The number of methoxy groups -OCH3 is 1. The van der Waals surface area contributed by atoms with E-state index >= 15 is 0 Å². The number of rotatable bonds is 4. The molecule has 6 nitrogen and oxygen atoms in total. The van der Waals surface area contributed by atoms with Gasteiger partial charge in [0.05, 0.1) is 19.7 Å². The van der Waals surface area contributed by atoms with Gasteiger partial charge in [-0.05, 0) is 0 Å². The maximum absolute atomic E-state index is 13.0. The zero-order valence-corrected chi connectivity index (χ0v) is 8.16. The monoisotopic (exact) mass is 214 g/mol. The van der Waals surface area contributed by atoms with Crippen molar-refractivity contribution in [1.82, 2.24) is 9.97 Å². The molecule has 0 aliphatic heterocycles. The number of carbonyl (C=O) groups excluding carboxylic acids is 1. The number of nitrogens with two attached hydrogens (primary N) is 1. The molecule has 15 heavy (non-hydrogen) atoms. The molecule has 82 valence electrons. The Balaban J connectivity index is 2.50. The first-order chi connectivity index (χ1) is 7.13. The van der Waals surface area contributed by atoms with Crippen molar-refractivity contribution < 1.29 is 13.9 Å². The fraction of sp³-hybridized carbons (Fsp3) is 0.375. The molecular weight excluding hydrogens is 203 g/mol. The zero-order chi connectivity index (χ0) is 11.3. The molecule has 1 heterocycles. The second kappa shape index (κ2) is 5.08. The summed E-state index contributed by atoms with van der Waals surface area (Å²) in [6.45, 7) is 0.222. The van der Waals surface area contributed by atoms with Gasteiger partial charge in [0.25, 0.3) is 0 Å². The van der Waals surface area contributed by atoms with Crippen LogP contribution in [0.25, 0.3) is 0 Å². The zero-order valence-electron chi connectivity index (χ0n) is 8.16. The van der Waals surface area contributed by atoms with E-state index in [1.807, 2.05) is 0 Å². The Bertz CT molecular complexity index is 358. The van der Waals surface area contributed by atoms with Gasteiger partial charge in [-0.1, -0.05) is 0 Å². The maximum atomic E-state index is 13.0. The number of aromatic nitrogens is 2. The molecule has 7 heteroatoms. The number of nitrogens with zero attached hydrogens (tertiary/aromatic N) is 2. The SMILES string of the molecule is COC(=O)CCNc1nc(N)ncc1F. The van der Waals surface area contributed by atoms with Crippen molar-refractivity contribution in [3.63, 3.8) is 0 Å². The van der Waals surface area contributed by atoms with E-state index in [0.717, 1.165) is 6.20 Å². The van der Waals surface area contributed by atoms with Crippen LogP contribution in [0, 0.1) is 5.82 Å². The largest absolute Gasteiger partial charge is 0.469 e. The fourth-order valence-electron chi connectivity index (χ4n) is 0.890. The molecule has 0 atom stereocenters. The summed E-state index contributed by atoms with van der Waals surface area (Å²) in [5, 5.41) is 2.61. The normalized spacial score (nSPS) is 9.73. The minimum atomic E-state index is -0.617. The molecule has 1 aromatic heterocycles. The van der Waals surface area contributed by atoms with Gasteiger partial charge in [0, 0.05) is 6.54 Å². The molecule has 0 fully saturated rings. The second-order valence-corrected chi connectivity index (χ2v) is 2.68. The van der Waals surface area contributed by atoms with Crippen LogP contribution < -0.4 is 11.1 Å². The van der Waals surface area contributed by atoms with Gasteiger partial charge in [-0.3, -0.25) is 4.79 Å². The van der Waals surface area contributed by atoms with Crippen LogP contribution in [-0.2, 0) is 9.53 Å². The fourth-order valence-corrected chi connectivity index (χ4v) is 0.890. The van der Waals surface area contributed by atoms with Crippen molar-refractivity contribution in [2.45, 2.75) is 6.42 Å². The first-order valence-electron chi connectivity index (χ1n) is 4.22. The highest BCUT2D eigenvalue weighted by Gasteiger charge is 2.05. The summed E-state index contributed by atoms with van der Waals surface area (Å²) in [5.41, 5.74) is 5.26. The summed E-state index contributed by atoms with van der Waals surface area (Å²) in [5.74, 6) is -1.05. The van der Waals surface area contributed by atoms with Crippen LogP contribution in [0.4, 0.5) is 16.2 Å². The number of hydrogen-bond acceptors (Lipinski definition) is 6. The second-order valence-electron chi connectivity index (χ2n) is 2.68. The molecule has 0 radical (unpaired) electrons. The van der Waals surface area contributed by atoms with Gasteiger partial charge in [-0.25, -0.2) is 9.37 Å². The van der Waals surface area contributed by atoms with Gasteiger partial charge in [0.2, 0.25) is 5.95 Å². The Hall–Kier alpha value is -1.92. The van der Waals surface area contributed by atoms with E-state index in [1.165, 1.54) is 7.11 Å². The van der Waals surface area contributed by atoms with Gasteiger partial charge in [0.1, 0.15) is 0 Å². The molecule has 0 saturated heterocycles. The number of hydrogen-bond donors (Lipinski definition) is 2. The van der Waals surface area contributed by atoms with E-state index in [9.17, 15) is 9.18 Å². The molecule has 0 aliphatic rings. The third kappa shape index (κ3) is 3.37. The van der Waals surface area contributed by atoms with Crippen LogP contribution in [0.1, 0.15) is 6.42 Å². The number of esters is 1. The van der Waals surface area contributed by atoms with Gasteiger partial charge in [-0.2, -0.15) is 4.98 Å². The van der Waals surface area contributed by atoms with Gasteiger partial charge < -0.3 is 15.8 Å². The van der Waals surface area contributed by atoms with E-state index in [0.29, 0.717) is 0 Å². The van der Waals surface area contributed by atoms with E-state index in [-0.39, 0.29) is 30.7 Å². The summed E-state index contributed by atoms with van der Waals surface area (Å²) < 4.78 is 17.4. The molecule has 1 rings (SSSR count). The van der Waals surface area contributed by atoms with Crippen LogP contribution in [0.2, 0.25) is 0 Å². The van der Waals surface area contributed by atoms with Crippen molar-refractivity contribution in [3.8, 4) is 0 Å². The van der Waals surface area contributed by atoms with Crippen molar-refractivity contribution >= 4 is 17.7 Å². The maximum Gasteiger partial charge on any atom is 0.307 e. The number of carbonyl (C=O) groups is 1. The quantitative estimate of drug-likeness (QED) is 0.694. The topological polar surface area (TPSA) is 90.1 Å². The summed E-state index contributed by atoms with van der Waals surface area (Å²) in [6, 6.07) is 0. The van der Waals surface area contributed by atoms with Gasteiger partial charge in [-0.15, -0.1) is 0 Å². The Morgan fingerprint density at radius 2 is 2.47 bits per heavy atom. The van der Waals surface area contributed by atoms with E-state index in [4.69, 9.17) is 5.73 Å². The summed E-state index contributed by atoms with van der Waals surface area (Å²) in [6.07, 6.45) is 1.09. The molecule has 0 aromatic carbocycles. The van der Waals surface area contributed by atoms with Crippen molar-refractivity contribution in [3.05, 3.63) is 12.0 Å². The molecule has 0 saturated carbocycles. The van der Waals surface area contributed by atoms with Gasteiger partial charge in [0.15, 0.2) is 11.6 Å². The highest BCUT2D eigenvalue weighted by atomic mass is 19.1. The molecule has 0 spiro atoms. The number of ether oxygens (including phenoxy) is 1. The van der Waals surface area contributed by atoms with Crippen molar-refractivity contribution in [2.24, 2.45) is 0 Å². The minimum Gasteiger partial charge on any atom is -0.469 e. The van der Waals surface area contributed by atoms with E-state index in [2.05, 4.69) is 20.0 Å². The summed E-state index contributed by atoms with van der Waals surface area (Å²) >= 11 is 0. The molecule has 0 unspecified atom stereocenters. The Morgan fingerprint density at radius 3 is 3.13 bits per heavy atom. The lowest BCUT2D eigenvalue weighted by Crippen LogP contribution is -2.12. The lowest BCUT2D eigenvalue weighted by Gasteiger charge is -2.05. The minimum absolute atomic E-state index is 0.0218. The molecule has 0 aliphatic carbocycles. The average molecular weight is 214 g/mol. The van der Waals surface area contributed by atoms with Crippen LogP contribution in [0.5, 0.6) is 0 Å². The van der Waals surface area contributed by atoms with Crippen LogP contribution in [-0.4, -0.2) is 29.6 Å². The van der Waals surface area contributed by atoms with Crippen LogP contribution >= 0.6 is 0 Å². The smallest absolute Gasteiger partial charge is 0.307 e. The molecule has 0 amide bonds. The molecule has 1 aromatic rings. The lowest BCUT2D eigenvalue weighted by molar-refractivity contribution is -0.140. The standard InChI is InChI=1S/C8H11FN4O2/c1-15-6(14)2-3-11-7-5(9)4-12-8(10)13-7/h4H,2-3H2,1H3,(H3,10,11,12,13). The Labute approximate surface area is 85.7 Å². The first-order valence-corrected chi connectivity index (χ1v) is 4.22. The van der Waals surface area contributed by atoms with E-state index < -0.39 is 5.82 Å². The Morgan fingerprint density at radius 1 is 1.73 bits per heavy atom. The Kier molecular flexibility index (Phi) is 3.78. The third-order valence-electron chi connectivity index (χ3n) is 1.61. The number of halogens is 1. The first kappa shape index (κ1) is 11.2. The number of nitrogens with one attached hydrogen (secondary N) is 1. The number of anilines is 2. The van der Waals surface area contributed by atoms with Gasteiger partial charge >= 0.3 is 5.97 Å². The predicted octanol–water partition coefficient (Wildman–Crippen LogP) is 0.173. The average Bonchev–Trinajstić information content (AvgIpc) is 2.23. The lowest BCUT2D eigenvalue weighted by atomic mass is 10.4. The highest BCUT2D eigenvalue weighted by molar-refractivity contribution is 5.69. The van der Waals surface area contributed by atoms with Crippen molar-refractivity contribution in [2.75, 3.05) is 24.7 Å². The molecule has 0 bridgehead atoms. The molecular formula is C8H11FN4O2. The number of nitrogen functional groups attached to an aromatic ring is 1. The van der Waals surface area contributed by atoms with Crippen molar-refractivity contribution in [1.29, 1.82) is 0 Å². The third-order valence-corrected chi connectivity index (χ3v) is 1.61. The molecule has 3 N–H and O–H groups in total. The van der Waals surface area contributed by atoms with Crippen LogP contribution in [0.3, 0.4) is 0 Å². The van der Waals surface area contributed by atoms with Crippen LogP contribution in [0.15, 0.2) is 6.20 Å².